The van der Waals surface area contributed by atoms with Gasteiger partial charge in [0.1, 0.15) is 27.3 Å². The molecular formula is C24H25F2N5O3S. The molecule has 8 nitrogen and oxygen atoms in total. The summed E-state index contributed by atoms with van der Waals surface area (Å²) in [5, 5.41) is 10.4. The number of aromatic nitrogens is 2. The molecule has 11 heteroatoms. The topological polar surface area (TPSA) is 128 Å². The van der Waals surface area contributed by atoms with Gasteiger partial charge in [-0.15, -0.1) is 0 Å². The van der Waals surface area contributed by atoms with E-state index in [-0.39, 0.29) is 33.6 Å². The Morgan fingerprint density at radius 1 is 1.31 bits per heavy atom. The third-order valence-corrected chi connectivity index (χ3v) is 7.40. The number of nitrogen functional groups attached to an aromatic ring is 1. The van der Waals surface area contributed by atoms with Crippen LogP contribution in [0.3, 0.4) is 0 Å². The van der Waals surface area contributed by atoms with Crippen LogP contribution in [0.4, 0.5) is 19.5 Å². The molecule has 0 unspecified atom stereocenters. The van der Waals surface area contributed by atoms with E-state index in [9.17, 15) is 18.7 Å². The largest absolute Gasteiger partial charge is 0.477 e. The van der Waals surface area contributed by atoms with E-state index in [1.54, 1.807) is 6.20 Å². The van der Waals surface area contributed by atoms with Crippen LogP contribution in [0.15, 0.2) is 24.4 Å². The highest BCUT2D eigenvalue weighted by Crippen LogP contribution is 2.39. The van der Waals surface area contributed by atoms with E-state index in [0.717, 1.165) is 34.7 Å². The molecule has 184 valence electrons. The maximum absolute atomic E-state index is 14.2. The summed E-state index contributed by atoms with van der Waals surface area (Å²) in [7, 11) is 0. The normalized spacial score (nSPS) is 21.6. The van der Waals surface area contributed by atoms with Crippen molar-refractivity contribution < 1.29 is 23.4 Å². The van der Waals surface area contributed by atoms with Gasteiger partial charge in [0, 0.05) is 55.2 Å². The number of halogens is 2. The number of nitrogens with zero attached hydrogens (tertiary/aromatic N) is 3. The van der Waals surface area contributed by atoms with Gasteiger partial charge in [0.05, 0.1) is 24.0 Å². The van der Waals surface area contributed by atoms with E-state index in [1.165, 1.54) is 6.07 Å². The molecule has 0 aliphatic carbocycles. The standard InChI is InChI=1S/C24H25F2N5O3S/c1-11-9-31(10-16(27)21(11)33)20-12(8-29-23-13(20)5-6-34-23)7-17(32)19-22(28)35-24(30-19)18-14(25)3-2-4-15(18)26/h2-4,8,11,16,21,33H,5-7,9-10,27-28H2,1H3/t11-,16+,21+/m0/s1. The van der Waals surface area contributed by atoms with Gasteiger partial charge in [0.25, 0.3) is 0 Å². The summed E-state index contributed by atoms with van der Waals surface area (Å²) < 4.78 is 34.1. The fourth-order valence-corrected chi connectivity index (χ4v) is 5.69. The number of hydrogen-bond donors (Lipinski definition) is 3. The first-order chi connectivity index (χ1) is 16.7. The van der Waals surface area contributed by atoms with Crippen molar-refractivity contribution in [3.63, 3.8) is 0 Å². The molecule has 0 saturated carbocycles. The van der Waals surface area contributed by atoms with E-state index in [0.29, 0.717) is 37.6 Å². The predicted octanol–water partition coefficient (Wildman–Crippen LogP) is 2.57. The quantitative estimate of drug-likeness (QED) is 0.455. The number of anilines is 2. The highest BCUT2D eigenvalue weighted by Gasteiger charge is 2.35. The number of carbonyl (C=O) groups excluding carboxylic acids is 1. The van der Waals surface area contributed by atoms with E-state index < -0.39 is 29.6 Å². The summed E-state index contributed by atoms with van der Waals surface area (Å²) in [5.41, 5.74) is 14.3. The van der Waals surface area contributed by atoms with Gasteiger partial charge < -0.3 is 26.2 Å². The molecule has 0 spiro atoms. The smallest absolute Gasteiger partial charge is 0.218 e. The number of benzene rings is 1. The van der Waals surface area contributed by atoms with Crippen molar-refractivity contribution in [3.05, 3.63) is 52.9 Å². The minimum Gasteiger partial charge on any atom is -0.477 e. The molecule has 4 heterocycles. The molecule has 1 aromatic carbocycles. The van der Waals surface area contributed by atoms with Gasteiger partial charge in [-0.05, 0) is 12.1 Å². The fourth-order valence-electron chi connectivity index (χ4n) is 4.79. The summed E-state index contributed by atoms with van der Waals surface area (Å²) in [6.45, 7) is 3.39. The molecule has 1 saturated heterocycles. The monoisotopic (exact) mass is 501 g/mol. The van der Waals surface area contributed by atoms with Crippen molar-refractivity contribution in [1.82, 2.24) is 9.97 Å². The SMILES string of the molecule is C[C@H]1CN(c2c(CC(=O)c3nc(-c4c(F)cccc4F)sc3N)cnc3c2CCO3)C[C@@H](N)[C@@H]1O. The second-order valence-electron chi connectivity index (χ2n) is 8.98. The Morgan fingerprint density at radius 3 is 2.77 bits per heavy atom. The lowest BCUT2D eigenvalue weighted by atomic mass is 9.91. The lowest BCUT2D eigenvalue weighted by Crippen LogP contribution is -2.56. The van der Waals surface area contributed by atoms with Crippen LogP contribution in [0.5, 0.6) is 5.88 Å². The first-order valence-corrected chi connectivity index (χ1v) is 12.1. The lowest BCUT2D eigenvalue weighted by Gasteiger charge is -2.41. The summed E-state index contributed by atoms with van der Waals surface area (Å²) >= 11 is 0.863. The molecule has 2 aliphatic rings. The van der Waals surface area contributed by atoms with Crippen LogP contribution in [0.2, 0.25) is 0 Å². The van der Waals surface area contributed by atoms with Gasteiger partial charge >= 0.3 is 0 Å². The second-order valence-corrected chi connectivity index (χ2v) is 10.0. The van der Waals surface area contributed by atoms with E-state index in [1.807, 2.05) is 6.92 Å². The Kier molecular flexibility index (Phi) is 6.16. The molecule has 0 radical (unpaired) electrons. The molecule has 0 bridgehead atoms. The molecular weight excluding hydrogens is 476 g/mol. The summed E-state index contributed by atoms with van der Waals surface area (Å²) in [6.07, 6.45) is 1.55. The van der Waals surface area contributed by atoms with Crippen molar-refractivity contribution in [2.75, 3.05) is 30.3 Å². The van der Waals surface area contributed by atoms with E-state index in [2.05, 4.69) is 14.9 Å². The maximum atomic E-state index is 14.2. The number of ketones is 1. The van der Waals surface area contributed by atoms with Crippen LogP contribution in [-0.2, 0) is 12.8 Å². The zero-order valence-electron chi connectivity index (χ0n) is 19.0. The highest BCUT2D eigenvalue weighted by atomic mass is 32.1. The van der Waals surface area contributed by atoms with Crippen LogP contribution in [0.25, 0.3) is 10.6 Å². The number of aliphatic hydroxyl groups excluding tert-OH is 1. The molecule has 5 rings (SSSR count). The first kappa shape index (κ1) is 23.6. The average molecular weight is 502 g/mol. The Labute approximate surface area is 204 Å². The Bertz CT molecular complexity index is 1270. The highest BCUT2D eigenvalue weighted by molar-refractivity contribution is 7.19. The predicted molar refractivity (Wildman–Crippen MR) is 129 cm³/mol. The number of piperidine rings is 1. The van der Waals surface area contributed by atoms with Gasteiger partial charge in [-0.3, -0.25) is 4.79 Å². The number of fused-ring (bicyclic) bond motifs is 1. The zero-order valence-corrected chi connectivity index (χ0v) is 19.8. The summed E-state index contributed by atoms with van der Waals surface area (Å²) in [6, 6.07) is 3.07. The van der Waals surface area contributed by atoms with Gasteiger partial charge in [-0.25, -0.2) is 18.7 Å². The molecule has 35 heavy (non-hydrogen) atoms. The van der Waals surface area contributed by atoms with E-state index >= 15 is 0 Å². The number of pyridine rings is 1. The third kappa shape index (κ3) is 4.24. The number of thiazole rings is 1. The van der Waals surface area contributed by atoms with Gasteiger partial charge in [0.2, 0.25) is 5.88 Å². The number of aliphatic hydroxyl groups is 1. The van der Waals surface area contributed by atoms with Gasteiger partial charge in [-0.2, -0.15) is 0 Å². The molecule has 2 aromatic heterocycles. The summed E-state index contributed by atoms with van der Waals surface area (Å²) in [4.78, 5) is 24.0. The molecule has 3 aromatic rings. The lowest BCUT2D eigenvalue weighted by molar-refractivity contribution is 0.0784. The van der Waals surface area contributed by atoms with Crippen LogP contribution < -0.4 is 21.1 Å². The van der Waals surface area contributed by atoms with Crippen molar-refractivity contribution in [1.29, 1.82) is 0 Å². The Hall–Kier alpha value is -3.15. The van der Waals surface area contributed by atoms with E-state index in [4.69, 9.17) is 16.2 Å². The van der Waals surface area contributed by atoms with Crippen LogP contribution >= 0.6 is 11.3 Å². The minimum absolute atomic E-state index is 0.00645. The van der Waals surface area contributed by atoms with Crippen molar-refractivity contribution in [2.24, 2.45) is 11.7 Å². The van der Waals surface area contributed by atoms with Crippen LogP contribution in [0.1, 0.15) is 28.5 Å². The number of hydrogen-bond acceptors (Lipinski definition) is 9. The number of carbonyl (C=O) groups is 1. The number of Topliss-reactive ketones (excluding diaryl/α,β-unsaturated/α-hetero) is 1. The minimum atomic E-state index is -0.777. The Balaban J connectivity index is 1.49. The Morgan fingerprint density at radius 2 is 2.06 bits per heavy atom. The first-order valence-electron chi connectivity index (χ1n) is 11.3. The van der Waals surface area contributed by atoms with Crippen molar-refractivity contribution in [2.45, 2.75) is 31.9 Å². The summed E-state index contributed by atoms with van der Waals surface area (Å²) in [5.74, 6) is -1.49. The number of rotatable bonds is 5. The molecule has 5 N–H and O–H groups in total. The van der Waals surface area contributed by atoms with Crippen molar-refractivity contribution >= 4 is 27.8 Å². The third-order valence-electron chi connectivity index (χ3n) is 6.50. The zero-order chi connectivity index (χ0) is 24.9. The molecule has 1 fully saturated rings. The molecule has 0 amide bonds. The van der Waals surface area contributed by atoms with Crippen molar-refractivity contribution in [3.8, 4) is 16.5 Å². The van der Waals surface area contributed by atoms with Gasteiger partial charge in [0.15, 0.2) is 5.78 Å². The van der Waals surface area contributed by atoms with Crippen LogP contribution in [-0.4, -0.2) is 52.7 Å². The average Bonchev–Trinajstić information content (AvgIpc) is 3.43. The molecule has 3 atom stereocenters. The fraction of sp³-hybridized carbons (Fsp3) is 0.375. The van der Waals surface area contributed by atoms with Gasteiger partial charge in [-0.1, -0.05) is 24.3 Å². The maximum Gasteiger partial charge on any atom is 0.218 e. The second kappa shape index (κ2) is 9.14. The number of nitrogens with two attached hydrogens (primary N) is 2. The van der Waals surface area contributed by atoms with Crippen LogP contribution in [0, 0.1) is 17.6 Å². The number of ether oxygens (including phenoxy) is 1. The molecule has 2 aliphatic heterocycles.